The van der Waals surface area contributed by atoms with Gasteiger partial charge in [0.2, 0.25) is 0 Å². The number of nitrogens with one attached hydrogen (secondary N) is 1. The van der Waals surface area contributed by atoms with Gasteiger partial charge in [-0.05, 0) is 51.7 Å². The molecule has 1 aliphatic carbocycles. The summed E-state index contributed by atoms with van der Waals surface area (Å²) in [6, 6.07) is 3.45. The molecule has 1 saturated carbocycles. The lowest BCUT2D eigenvalue weighted by atomic mass is 9.94. The maximum Gasteiger partial charge on any atom is 0.182 e. The normalized spacial score (nSPS) is 20.7. The summed E-state index contributed by atoms with van der Waals surface area (Å²) in [6.07, 6.45) is 3.30. The minimum atomic E-state index is -0.704. The molecule has 0 unspecified atom stereocenters. The molecule has 1 N–H and O–H groups in total. The zero-order valence-electron chi connectivity index (χ0n) is 18.8. The molecule has 1 aromatic carbocycles. The predicted octanol–water partition coefficient (Wildman–Crippen LogP) is 4.61. The molecule has 0 amide bonds. The molecule has 1 saturated heterocycles. The Morgan fingerprint density at radius 1 is 0.912 bits per heavy atom. The van der Waals surface area contributed by atoms with Gasteiger partial charge in [0.25, 0.3) is 0 Å². The molecule has 174 valence electrons. The van der Waals surface area contributed by atoms with Gasteiger partial charge in [-0.1, -0.05) is 0 Å². The number of benzene rings is 1. The van der Waals surface area contributed by atoms with Crippen molar-refractivity contribution in [3.63, 3.8) is 0 Å². The number of rotatable bonds is 4. The Kier molecular flexibility index (Phi) is 5.05. The number of aryl methyl sites for hydroxylation is 2. The number of aromatic nitrogens is 7. The Labute approximate surface area is 194 Å². The van der Waals surface area contributed by atoms with Crippen LogP contribution in [-0.2, 0) is 4.74 Å². The van der Waals surface area contributed by atoms with Crippen molar-refractivity contribution >= 4 is 11.2 Å². The SMILES string of the molecule is Cc1nc2nc([C@H]3CCO[C@@H](c4nc(C5CC5)n[nH]4)C3)nc(-c3ccc(F)cc3F)c2nc1C. The Morgan fingerprint density at radius 2 is 1.74 bits per heavy atom. The van der Waals surface area contributed by atoms with Crippen LogP contribution in [0.25, 0.3) is 22.4 Å². The number of halogens is 2. The minimum Gasteiger partial charge on any atom is -0.370 e. The smallest absolute Gasteiger partial charge is 0.182 e. The van der Waals surface area contributed by atoms with E-state index < -0.39 is 11.6 Å². The van der Waals surface area contributed by atoms with Gasteiger partial charge in [0.15, 0.2) is 17.3 Å². The highest BCUT2D eigenvalue weighted by molar-refractivity contribution is 5.87. The zero-order chi connectivity index (χ0) is 23.4. The lowest BCUT2D eigenvalue weighted by molar-refractivity contribution is -0.00108. The van der Waals surface area contributed by atoms with Crippen LogP contribution in [0.1, 0.15) is 72.5 Å². The number of H-pyrrole nitrogens is 1. The molecule has 0 spiro atoms. The number of aromatic amines is 1. The quantitative estimate of drug-likeness (QED) is 0.471. The summed E-state index contributed by atoms with van der Waals surface area (Å²) in [5.41, 5.74) is 2.71. The molecule has 4 heterocycles. The fourth-order valence-corrected chi connectivity index (χ4v) is 4.36. The van der Waals surface area contributed by atoms with Crippen molar-refractivity contribution < 1.29 is 13.5 Å². The molecule has 4 aromatic rings. The number of hydrogen-bond acceptors (Lipinski definition) is 7. The van der Waals surface area contributed by atoms with Crippen LogP contribution in [0.4, 0.5) is 8.78 Å². The first-order valence-electron chi connectivity index (χ1n) is 11.5. The zero-order valence-corrected chi connectivity index (χ0v) is 18.8. The van der Waals surface area contributed by atoms with E-state index >= 15 is 0 Å². The second-order valence-corrected chi connectivity index (χ2v) is 9.06. The van der Waals surface area contributed by atoms with Crippen molar-refractivity contribution in [2.24, 2.45) is 0 Å². The maximum absolute atomic E-state index is 14.8. The molecule has 2 fully saturated rings. The summed E-state index contributed by atoms with van der Waals surface area (Å²) in [6.45, 7) is 4.19. The number of nitrogens with zero attached hydrogens (tertiary/aromatic N) is 6. The van der Waals surface area contributed by atoms with Crippen molar-refractivity contribution in [2.45, 2.75) is 57.5 Å². The average molecular weight is 463 g/mol. The van der Waals surface area contributed by atoms with Crippen LogP contribution in [0.3, 0.4) is 0 Å². The number of ether oxygens (including phenoxy) is 1. The Balaban J connectivity index is 1.41. The van der Waals surface area contributed by atoms with Crippen LogP contribution < -0.4 is 0 Å². The molecule has 2 atom stereocenters. The van der Waals surface area contributed by atoms with Gasteiger partial charge >= 0.3 is 0 Å². The molecular formula is C24H23F2N7O. The van der Waals surface area contributed by atoms with E-state index in [-0.39, 0.29) is 17.6 Å². The maximum atomic E-state index is 14.8. The molecule has 10 heteroatoms. The monoisotopic (exact) mass is 463 g/mol. The van der Waals surface area contributed by atoms with E-state index in [1.807, 2.05) is 13.8 Å². The van der Waals surface area contributed by atoms with Gasteiger partial charge in [0.1, 0.15) is 34.8 Å². The van der Waals surface area contributed by atoms with Gasteiger partial charge in [0.05, 0.1) is 11.4 Å². The van der Waals surface area contributed by atoms with Gasteiger partial charge in [-0.2, -0.15) is 5.10 Å². The van der Waals surface area contributed by atoms with E-state index in [1.165, 1.54) is 12.1 Å². The van der Waals surface area contributed by atoms with Crippen LogP contribution in [0.2, 0.25) is 0 Å². The second kappa shape index (κ2) is 8.12. The molecule has 2 aliphatic rings. The summed E-state index contributed by atoms with van der Waals surface area (Å²) in [5.74, 6) is 1.14. The van der Waals surface area contributed by atoms with Crippen molar-refractivity contribution in [1.82, 2.24) is 35.1 Å². The Bertz CT molecular complexity index is 1400. The number of hydrogen-bond donors (Lipinski definition) is 1. The van der Waals surface area contributed by atoms with E-state index in [4.69, 9.17) is 14.7 Å². The van der Waals surface area contributed by atoms with Crippen LogP contribution >= 0.6 is 0 Å². The fourth-order valence-electron chi connectivity index (χ4n) is 4.36. The molecule has 3 aromatic heterocycles. The highest BCUT2D eigenvalue weighted by atomic mass is 19.1. The van der Waals surface area contributed by atoms with Crippen LogP contribution in [0, 0.1) is 25.5 Å². The third-order valence-corrected chi connectivity index (χ3v) is 6.56. The molecule has 0 bridgehead atoms. The summed E-state index contributed by atoms with van der Waals surface area (Å²) in [4.78, 5) is 23.3. The number of fused-ring (bicyclic) bond motifs is 1. The lowest BCUT2D eigenvalue weighted by Gasteiger charge is -2.27. The second-order valence-electron chi connectivity index (χ2n) is 9.06. The lowest BCUT2D eigenvalue weighted by Crippen LogP contribution is -2.21. The molecule has 0 radical (unpaired) electrons. The summed E-state index contributed by atoms with van der Waals surface area (Å²) in [5, 5.41) is 7.37. The minimum absolute atomic E-state index is 0.0525. The first kappa shape index (κ1) is 21.2. The van der Waals surface area contributed by atoms with E-state index in [0.29, 0.717) is 59.6 Å². The van der Waals surface area contributed by atoms with Crippen LogP contribution in [0.15, 0.2) is 18.2 Å². The molecule has 1 aliphatic heterocycles. The Morgan fingerprint density at radius 3 is 2.53 bits per heavy atom. The third kappa shape index (κ3) is 3.81. The molecule has 8 nitrogen and oxygen atoms in total. The summed E-state index contributed by atoms with van der Waals surface area (Å²) < 4.78 is 34.4. The van der Waals surface area contributed by atoms with Gasteiger partial charge in [0, 0.05) is 30.1 Å². The molecule has 6 rings (SSSR count). The third-order valence-electron chi connectivity index (χ3n) is 6.56. The standard InChI is InChI=1S/C24H23F2N7O/c1-11-12(2)28-24-20(27-11)19(16-6-5-15(25)10-17(16)26)29-21(30-24)14-7-8-34-18(9-14)23-31-22(32-33-23)13-3-4-13/h5-6,10,13-14,18H,3-4,7-9H2,1-2H3,(H,31,32,33)/t14-,18+/m0/s1. The van der Waals surface area contributed by atoms with Crippen molar-refractivity contribution in [1.29, 1.82) is 0 Å². The van der Waals surface area contributed by atoms with Gasteiger partial charge in [-0.15, -0.1) is 0 Å². The average Bonchev–Trinajstić information content (AvgIpc) is 3.56. The summed E-state index contributed by atoms with van der Waals surface area (Å²) in [7, 11) is 0. The van der Waals surface area contributed by atoms with E-state index in [1.54, 1.807) is 0 Å². The van der Waals surface area contributed by atoms with Gasteiger partial charge in [-0.3, -0.25) is 5.10 Å². The van der Waals surface area contributed by atoms with Gasteiger partial charge in [-0.25, -0.2) is 33.7 Å². The first-order chi connectivity index (χ1) is 16.5. The summed E-state index contributed by atoms with van der Waals surface area (Å²) >= 11 is 0. The van der Waals surface area contributed by atoms with Crippen molar-refractivity contribution in [3.05, 3.63) is 58.7 Å². The predicted molar refractivity (Wildman–Crippen MR) is 119 cm³/mol. The van der Waals surface area contributed by atoms with E-state index in [0.717, 1.165) is 30.4 Å². The largest absolute Gasteiger partial charge is 0.370 e. The molecule has 34 heavy (non-hydrogen) atoms. The van der Waals surface area contributed by atoms with Gasteiger partial charge < -0.3 is 4.74 Å². The first-order valence-corrected chi connectivity index (χ1v) is 11.5. The highest BCUT2D eigenvalue weighted by Crippen LogP contribution is 2.40. The Hall–Kier alpha value is -3.40. The van der Waals surface area contributed by atoms with E-state index in [2.05, 4.69) is 25.1 Å². The van der Waals surface area contributed by atoms with Crippen molar-refractivity contribution in [2.75, 3.05) is 6.61 Å². The van der Waals surface area contributed by atoms with Crippen LogP contribution in [0.5, 0.6) is 0 Å². The fraction of sp³-hybridized carbons (Fsp3) is 0.417. The van der Waals surface area contributed by atoms with Crippen molar-refractivity contribution in [3.8, 4) is 11.3 Å². The van der Waals surface area contributed by atoms with E-state index in [9.17, 15) is 8.78 Å². The highest BCUT2D eigenvalue weighted by Gasteiger charge is 2.33. The topological polar surface area (TPSA) is 102 Å². The van der Waals surface area contributed by atoms with Crippen LogP contribution in [-0.4, -0.2) is 41.7 Å². The molecular weight excluding hydrogens is 440 g/mol.